The molecule has 3 unspecified atom stereocenters. The zero-order chi connectivity index (χ0) is 19.7. The van der Waals surface area contributed by atoms with Crippen molar-refractivity contribution in [1.82, 2.24) is 0 Å². The Morgan fingerprint density at radius 3 is 1.96 bits per heavy atom. The maximum atomic E-state index is 11.5. The van der Waals surface area contributed by atoms with Crippen molar-refractivity contribution in [2.75, 3.05) is 6.61 Å². The molecule has 27 heavy (non-hydrogen) atoms. The van der Waals surface area contributed by atoms with Gasteiger partial charge in [0.2, 0.25) is 0 Å². The largest absolute Gasteiger partial charge is 0.481 e. The zero-order valence-corrected chi connectivity index (χ0v) is 17.7. The van der Waals surface area contributed by atoms with Gasteiger partial charge in [0.25, 0.3) is 0 Å². The second kappa shape index (κ2) is 16.4. The Morgan fingerprint density at radius 2 is 1.44 bits per heavy atom. The van der Waals surface area contributed by atoms with Gasteiger partial charge < -0.3 is 14.9 Å². The number of hydrogen-bond donors (Lipinski definition) is 2. The predicted molar refractivity (Wildman–Crippen MR) is 111 cm³/mol. The van der Waals surface area contributed by atoms with Crippen LogP contribution >= 0.6 is 0 Å². The summed E-state index contributed by atoms with van der Waals surface area (Å²) in [4.78, 5) is 11.5. The van der Waals surface area contributed by atoms with Crippen LogP contribution in [0.3, 0.4) is 0 Å². The first-order chi connectivity index (χ1) is 13.1. The molecule has 0 aliphatic carbocycles. The van der Waals surface area contributed by atoms with E-state index < -0.39 is 5.97 Å². The van der Waals surface area contributed by atoms with Gasteiger partial charge in [0.05, 0.1) is 18.1 Å². The maximum absolute atomic E-state index is 11.5. The van der Waals surface area contributed by atoms with Gasteiger partial charge in [-0.2, -0.15) is 0 Å². The number of carboxylic acid groups (broad SMARTS) is 1. The first kappa shape index (κ1) is 24.4. The molecule has 3 atom stereocenters. The van der Waals surface area contributed by atoms with Gasteiger partial charge in [-0.25, -0.2) is 0 Å². The average Bonchev–Trinajstić information content (AvgIpc) is 2.67. The minimum Gasteiger partial charge on any atom is -0.481 e. The molecule has 1 fully saturated rings. The molecule has 0 amide bonds. The molecule has 0 radical (unpaired) electrons. The fourth-order valence-electron chi connectivity index (χ4n) is 4.13. The van der Waals surface area contributed by atoms with Crippen LogP contribution in [0.2, 0.25) is 0 Å². The van der Waals surface area contributed by atoms with Crippen molar-refractivity contribution in [3.05, 3.63) is 0 Å². The Kier molecular flexibility index (Phi) is 14.8. The third kappa shape index (κ3) is 12.5. The van der Waals surface area contributed by atoms with E-state index in [2.05, 4.69) is 6.92 Å². The molecular weight excluding hydrogens is 340 g/mol. The normalized spacial score (nSPS) is 19.7. The Labute approximate surface area is 167 Å². The molecule has 4 nitrogen and oxygen atoms in total. The number of aliphatic hydroxyl groups is 1. The number of hydrogen-bond acceptors (Lipinski definition) is 3. The van der Waals surface area contributed by atoms with Crippen LogP contribution in [-0.4, -0.2) is 35.0 Å². The Hall–Kier alpha value is -0.610. The number of rotatable bonds is 17. The average molecular weight is 385 g/mol. The monoisotopic (exact) mass is 384 g/mol. The Bertz CT molecular complexity index is 352. The summed E-state index contributed by atoms with van der Waals surface area (Å²) >= 11 is 0. The molecule has 0 aromatic carbocycles. The van der Waals surface area contributed by atoms with Crippen molar-refractivity contribution < 1.29 is 19.7 Å². The van der Waals surface area contributed by atoms with Gasteiger partial charge in [0.15, 0.2) is 0 Å². The Morgan fingerprint density at radius 1 is 0.889 bits per heavy atom. The van der Waals surface area contributed by atoms with Crippen molar-refractivity contribution in [2.45, 2.75) is 128 Å². The van der Waals surface area contributed by atoms with E-state index in [4.69, 9.17) is 4.74 Å². The standard InChI is InChI=1S/C23H44O4/c1-2-3-4-10-15-20(24)16-11-8-6-5-7-9-12-17-21(23(25)26)22-18-13-14-19-27-22/h20-22,24H,2-19H2,1H3,(H,25,26). The highest BCUT2D eigenvalue weighted by Gasteiger charge is 2.29. The highest BCUT2D eigenvalue weighted by Crippen LogP contribution is 2.25. The zero-order valence-electron chi connectivity index (χ0n) is 17.7. The van der Waals surface area contributed by atoms with Crippen LogP contribution in [0.5, 0.6) is 0 Å². The van der Waals surface area contributed by atoms with Crippen LogP contribution < -0.4 is 0 Å². The molecule has 0 spiro atoms. The number of ether oxygens (including phenoxy) is 1. The minimum absolute atomic E-state index is 0.0651. The van der Waals surface area contributed by atoms with Crippen molar-refractivity contribution >= 4 is 5.97 Å². The molecule has 0 bridgehead atoms. The molecule has 4 heteroatoms. The summed E-state index contributed by atoms with van der Waals surface area (Å²) in [5.74, 6) is -1.00. The lowest BCUT2D eigenvalue weighted by Gasteiger charge is -2.27. The SMILES string of the molecule is CCCCCCC(O)CCCCCCCCCC(C(=O)O)C1CCCCO1. The van der Waals surface area contributed by atoms with Crippen LogP contribution in [0.15, 0.2) is 0 Å². The number of aliphatic hydroxyl groups excluding tert-OH is 1. The van der Waals surface area contributed by atoms with E-state index in [0.29, 0.717) is 0 Å². The quantitative estimate of drug-likeness (QED) is 0.297. The van der Waals surface area contributed by atoms with Crippen LogP contribution in [0, 0.1) is 5.92 Å². The summed E-state index contributed by atoms with van der Waals surface area (Å²) in [6, 6.07) is 0. The molecule has 160 valence electrons. The molecule has 1 heterocycles. The van der Waals surface area contributed by atoms with E-state index in [1.807, 2.05) is 0 Å². The lowest BCUT2D eigenvalue weighted by molar-refractivity contribution is -0.149. The smallest absolute Gasteiger partial charge is 0.309 e. The number of carbonyl (C=O) groups is 1. The summed E-state index contributed by atoms with van der Waals surface area (Å²) < 4.78 is 5.68. The lowest BCUT2D eigenvalue weighted by Crippen LogP contribution is -2.33. The van der Waals surface area contributed by atoms with Crippen molar-refractivity contribution in [3.63, 3.8) is 0 Å². The van der Waals surface area contributed by atoms with Crippen LogP contribution in [-0.2, 0) is 9.53 Å². The second-order valence-corrected chi connectivity index (χ2v) is 8.41. The Balaban J connectivity index is 1.93. The van der Waals surface area contributed by atoms with Gasteiger partial charge in [0.1, 0.15) is 0 Å². The summed E-state index contributed by atoms with van der Waals surface area (Å²) in [5, 5.41) is 19.4. The van der Waals surface area contributed by atoms with Gasteiger partial charge in [-0.15, -0.1) is 0 Å². The summed E-state index contributed by atoms with van der Waals surface area (Å²) in [7, 11) is 0. The van der Waals surface area contributed by atoms with E-state index >= 15 is 0 Å². The molecule has 0 saturated carbocycles. The van der Waals surface area contributed by atoms with Crippen molar-refractivity contribution in [2.24, 2.45) is 5.92 Å². The number of aliphatic carboxylic acids is 1. The highest BCUT2D eigenvalue weighted by molar-refractivity contribution is 5.70. The van der Waals surface area contributed by atoms with Crippen LogP contribution in [0.1, 0.15) is 116 Å². The molecule has 2 N–H and O–H groups in total. The van der Waals surface area contributed by atoms with Gasteiger partial charge in [0, 0.05) is 6.61 Å². The molecule has 0 aromatic rings. The van der Waals surface area contributed by atoms with Crippen LogP contribution in [0.4, 0.5) is 0 Å². The van der Waals surface area contributed by atoms with Gasteiger partial charge in [-0.3, -0.25) is 4.79 Å². The second-order valence-electron chi connectivity index (χ2n) is 8.41. The third-order valence-corrected chi connectivity index (χ3v) is 5.92. The summed E-state index contributed by atoms with van der Waals surface area (Å²) in [6.45, 7) is 2.94. The minimum atomic E-state index is -0.685. The molecular formula is C23H44O4. The number of carboxylic acids is 1. The fraction of sp³-hybridized carbons (Fsp3) is 0.957. The first-order valence-corrected chi connectivity index (χ1v) is 11.7. The van der Waals surface area contributed by atoms with Gasteiger partial charge in [-0.1, -0.05) is 77.6 Å². The lowest BCUT2D eigenvalue weighted by atomic mass is 9.90. The van der Waals surface area contributed by atoms with Crippen molar-refractivity contribution in [1.29, 1.82) is 0 Å². The highest BCUT2D eigenvalue weighted by atomic mass is 16.5. The summed E-state index contributed by atoms with van der Waals surface area (Å²) in [6.07, 6.45) is 18.6. The van der Waals surface area contributed by atoms with E-state index in [9.17, 15) is 15.0 Å². The van der Waals surface area contributed by atoms with Crippen molar-refractivity contribution in [3.8, 4) is 0 Å². The predicted octanol–water partition coefficient (Wildman–Crippen LogP) is 6.10. The summed E-state index contributed by atoms with van der Waals surface area (Å²) in [5.41, 5.74) is 0. The molecule has 1 rings (SSSR count). The molecule has 1 aliphatic rings. The molecule has 1 saturated heterocycles. The number of unbranched alkanes of at least 4 members (excludes halogenated alkanes) is 9. The van der Waals surface area contributed by atoms with Gasteiger partial charge in [-0.05, 0) is 38.5 Å². The third-order valence-electron chi connectivity index (χ3n) is 5.92. The van der Waals surface area contributed by atoms with E-state index in [1.54, 1.807) is 0 Å². The molecule has 0 aromatic heterocycles. The van der Waals surface area contributed by atoms with Crippen LogP contribution in [0.25, 0.3) is 0 Å². The fourth-order valence-corrected chi connectivity index (χ4v) is 4.13. The van der Waals surface area contributed by atoms with Gasteiger partial charge >= 0.3 is 5.97 Å². The van der Waals surface area contributed by atoms with E-state index in [-0.39, 0.29) is 18.1 Å². The van der Waals surface area contributed by atoms with E-state index in [0.717, 1.165) is 70.8 Å². The molecule has 1 aliphatic heterocycles. The first-order valence-electron chi connectivity index (χ1n) is 11.7. The van der Waals surface area contributed by atoms with E-state index in [1.165, 1.54) is 44.9 Å². The topological polar surface area (TPSA) is 66.8 Å². The maximum Gasteiger partial charge on any atom is 0.309 e.